The van der Waals surface area contributed by atoms with Gasteiger partial charge in [-0.15, -0.1) is 0 Å². The molecule has 2 aliphatic rings. The highest BCUT2D eigenvalue weighted by Gasteiger charge is 2.36. The number of hydrogen-bond acceptors (Lipinski definition) is 3. The van der Waals surface area contributed by atoms with Crippen molar-refractivity contribution in [3.8, 4) is 11.1 Å². The van der Waals surface area contributed by atoms with Crippen LogP contribution in [-0.4, -0.2) is 20.9 Å². The zero-order valence-corrected chi connectivity index (χ0v) is 17.5. The van der Waals surface area contributed by atoms with Gasteiger partial charge in [-0.05, 0) is 54.7 Å². The van der Waals surface area contributed by atoms with E-state index in [1.165, 1.54) is 29.8 Å². The van der Waals surface area contributed by atoms with Gasteiger partial charge in [-0.25, -0.2) is 12.8 Å². The molecular weight excluding hydrogens is 415 g/mol. The van der Waals surface area contributed by atoms with Crippen LogP contribution in [0.2, 0.25) is 0 Å². The third kappa shape index (κ3) is 3.39. The second kappa shape index (κ2) is 7.50. The fourth-order valence-corrected chi connectivity index (χ4v) is 6.20. The van der Waals surface area contributed by atoms with Crippen molar-refractivity contribution in [2.24, 2.45) is 0 Å². The topological polar surface area (TPSA) is 66.5 Å². The van der Waals surface area contributed by atoms with Gasteiger partial charge in [-0.1, -0.05) is 42.5 Å². The van der Waals surface area contributed by atoms with Crippen LogP contribution in [0, 0.1) is 5.82 Å². The second-order valence-corrected chi connectivity index (χ2v) is 9.71. The van der Waals surface area contributed by atoms with Crippen LogP contribution in [0.4, 0.5) is 10.1 Å². The first-order valence-corrected chi connectivity index (χ1v) is 11.7. The van der Waals surface area contributed by atoms with E-state index in [-0.39, 0.29) is 23.4 Å². The zero-order valence-electron chi connectivity index (χ0n) is 16.7. The van der Waals surface area contributed by atoms with Crippen molar-refractivity contribution in [3.63, 3.8) is 0 Å². The first-order valence-electron chi connectivity index (χ1n) is 10.2. The lowest BCUT2D eigenvalue weighted by atomic mass is 9.88. The standard InChI is InChI=1S/C24H21FN2O3S/c25-17-12-13-22-20(14-17)19-9-3-4-11-23(19)31(29,30)27(22)15-24(28)26-21-10-5-7-16-6-1-2-8-18(16)21/h1-4,6,8-9,11-14,21H,5,7,10,15H2,(H,26,28)/t21-/m1/s1. The van der Waals surface area contributed by atoms with E-state index >= 15 is 0 Å². The highest BCUT2D eigenvalue weighted by atomic mass is 32.2. The number of carbonyl (C=O) groups excluding carboxylic acids is 1. The van der Waals surface area contributed by atoms with Gasteiger partial charge in [0, 0.05) is 11.1 Å². The average Bonchev–Trinajstić information content (AvgIpc) is 2.77. The van der Waals surface area contributed by atoms with Gasteiger partial charge in [0.15, 0.2) is 0 Å². The molecule has 0 spiro atoms. The lowest BCUT2D eigenvalue weighted by Crippen LogP contribution is -2.43. The molecule has 158 valence electrons. The molecule has 0 radical (unpaired) electrons. The Hall–Kier alpha value is -3.19. The summed E-state index contributed by atoms with van der Waals surface area (Å²) in [6, 6.07) is 18.3. The number of hydrogen-bond donors (Lipinski definition) is 1. The summed E-state index contributed by atoms with van der Waals surface area (Å²) >= 11 is 0. The molecule has 0 aromatic heterocycles. The zero-order chi connectivity index (χ0) is 21.6. The molecule has 5 rings (SSSR count). The molecule has 0 saturated heterocycles. The van der Waals surface area contributed by atoms with Crippen molar-refractivity contribution < 1.29 is 17.6 Å². The number of fused-ring (bicyclic) bond motifs is 4. The molecule has 0 saturated carbocycles. The Morgan fingerprint density at radius 1 is 1.03 bits per heavy atom. The predicted molar refractivity (Wildman–Crippen MR) is 117 cm³/mol. The van der Waals surface area contributed by atoms with Crippen LogP contribution in [0.1, 0.15) is 30.0 Å². The number of sulfonamides is 1. The maximum absolute atomic E-state index is 14.0. The number of halogens is 1. The molecule has 31 heavy (non-hydrogen) atoms. The smallest absolute Gasteiger partial charge is 0.265 e. The Bertz CT molecular complexity index is 1290. The molecule has 1 atom stereocenters. The molecule has 0 bridgehead atoms. The summed E-state index contributed by atoms with van der Waals surface area (Å²) in [6.07, 6.45) is 2.73. The molecule has 3 aromatic rings. The number of nitrogens with one attached hydrogen (secondary N) is 1. The van der Waals surface area contributed by atoms with Crippen LogP contribution in [-0.2, 0) is 21.2 Å². The fraction of sp³-hybridized carbons (Fsp3) is 0.208. The first kappa shape index (κ1) is 19.8. The van der Waals surface area contributed by atoms with Crippen LogP contribution in [0.15, 0.2) is 71.6 Å². The first-order chi connectivity index (χ1) is 14.9. The molecule has 1 aliphatic carbocycles. The van der Waals surface area contributed by atoms with Gasteiger partial charge in [0.25, 0.3) is 10.0 Å². The van der Waals surface area contributed by atoms with E-state index < -0.39 is 15.8 Å². The summed E-state index contributed by atoms with van der Waals surface area (Å²) in [5, 5.41) is 3.01. The summed E-state index contributed by atoms with van der Waals surface area (Å²) in [7, 11) is -3.96. The molecule has 5 nitrogen and oxygen atoms in total. The van der Waals surface area contributed by atoms with E-state index in [0.29, 0.717) is 16.8 Å². The van der Waals surface area contributed by atoms with Crippen LogP contribution >= 0.6 is 0 Å². The Labute approximate surface area is 180 Å². The van der Waals surface area contributed by atoms with Gasteiger partial charge >= 0.3 is 0 Å². The molecule has 1 N–H and O–H groups in total. The van der Waals surface area contributed by atoms with Crippen molar-refractivity contribution in [2.75, 3.05) is 10.8 Å². The minimum Gasteiger partial charge on any atom is -0.348 e. The SMILES string of the molecule is O=C(CN1c2ccc(F)cc2-c2ccccc2S1(=O)=O)N[C@@H]1CCCc2ccccc21. The van der Waals surface area contributed by atoms with Crippen LogP contribution in [0.25, 0.3) is 11.1 Å². The van der Waals surface area contributed by atoms with Crippen molar-refractivity contribution in [3.05, 3.63) is 83.7 Å². The minimum atomic E-state index is -3.96. The van der Waals surface area contributed by atoms with Crippen LogP contribution in [0.3, 0.4) is 0 Å². The number of nitrogens with zero attached hydrogens (tertiary/aromatic N) is 1. The quantitative estimate of drug-likeness (QED) is 0.669. The second-order valence-electron chi connectivity index (χ2n) is 7.88. The summed E-state index contributed by atoms with van der Waals surface area (Å²) in [5.74, 6) is -0.851. The Morgan fingerprint density at radius 2 is 1.81 bits per heavy atom. The Kier molecular flexibility index (Phi) is 4.78. The highest BCUT2D eigenvalue weighted by molar-refractivity contribution is 7.93. The molecule has 7 heteroatoms. The maximum atomic E-state index is 14.0. The Morgan fingerprint density at radius 3 is 2.68 bits per heavy atom. The number of carbonyl (C=O) groups is 1. The van der Waals surface area contributed by atoms with Gasteiger partial charge < -0.3 is 5.32 Å². The van der Waals surface area contributed by atoms with Gasteiger partial charge in [0.2, 0.25) is 5.91 Å². The lowest BCUT2D eigenvalue weighted by Gasteiger charge is -2.32. The molecule has 1 amide bonds. The largest absolute Gasteiger partial charge is 0.348 e. The van der Waals surface area contributed by atoms with E-state index in [4.69, 9.17) is 0 Å². The van der Waals surface area contributed by atoms with Crippen molar-refractivity contribution >= 4 is 21.6 Å². The van der Waals surface area contributed by atoms with Crippen molar-refractivity contribution in [2.45, 2.75) is 30.2 Å². The van der Waals surface area contributed by atoms with E-state index in [1.807, 2.05) is 18.2 Å². The normalized spacial score (nSPS) is 18.5. The van der Waals surface area contributed by atoms with E-state index in [1.54, 1.807) is 18.2 Å². The lowest BCUT2D eigenvalue weighted by molar-refractivity contribution is -0.120. The van der Waals surface area contributed by atoms with Crippen molar-refractivity contribution in [1.29, 1.82) is 0 Å². The molecule has 1 heterocycles. The third-order valence-electron chi connectivity index (χ3n) is 5.96. The number of benzene rings is 3. The van der Waals surface area contributed by atoms with E-state index in [9.17, 15) is 17.6 Å². The summed E-state index contributed by atoms with van der Waals surface area (Å²) < 4.78 is 41.7. The van der Waals surface area contributed by atoms with Crippen LogP contribution < -0.4 is 9.62 Å². The van der Waals surface area contributed by atoms with Gasteiger partial charge in [0.05, 0.1) is 16.6 Å². The number of anilines is 1. The molecule has 0 fully saturated rings. The summed E-state index contributed by atoms with van der Waals surface area (Å²) in [5.41, 5.74) is 3.49. The maximum Gasteiger partial charge on any atom is 0.265 e. The van der Waals surface area contributed by atoms with Crippen LogP contribution in [0.5, 0.6) is 0 Å². The van der Waals surface area contributed by atoms with E-state index in [0.717, 1.165) is 29.1 Å². The monoisotopic (exact) mass is 436 g/mol. The summed E-state index contributed by atoms with van der Waals surface area (Å²) in [6.45, 7) is -0.367. The van der Waals surface area contributed by atoms with Gasteiger partial charge in [-0.2, -0.15) is 0 Å². The number of rotatable bonds is 3. The average molecular weight is 437 g/mol. The third-order valence-corrected chi connectivity index (χ3v) is 7.78. The van der Waals surface area contributed by atoms with Gasteiger partial charge in [-0.3, -0.25) is 9.10 Å². The number of amides is 1. The number of aryl methyl sites for hydroxylation is 1. The molecule has 3 aromatic carbocycles. The Balaban J connectivity index is 1.48. The highest BCUT2D eigenvalue weighted by Crippen LogP contribution is 2.43. The molecule has 1 aliphatic heterocycles. The fourth-order valence-electron chi connectivity index (χ4n) is 4.55. The van der Waals surface area contributed by atoms with Crippen molar-refractivity contribution in [1.82, 2.24) is 5.32 Å². The predicted octanol–water partition coefficient (Wildman–Crippen LogP) is 4.20. The summed E-state index contributed by atoms with van der Waals surface area (Å²) in [4.78, 5) is 13.0. The minimum absolute atomic E-state index is 0.0731. The van der Waals surface area contributed by atoms with Gasteiger partial charge in [0.1, 0.15) is 12.4 Å². The molecular formula is C24H21FN2O3S. The molecule has 0 unspecified atom stereocenters. The van der Waals surface area contributed by atoms with E-state index in [2.05, 4.69) is 11.4 Å².